The van der Waals surface area contributed by atoms with E-state index >= 15 is 0 Å². The molecule has 1 amide bonds. The quantitative estimate of drug-likeness (QED) is 0.512. The van der Waals surface area contributed by atoms with Crippen LogP contribution < -0.4 is 4.91 Å². The lowest BCUT2D eigenvalue weighted by molar-refractivity contribution is 0.0991. The van der Waals surface area contributed by atoms with Crippen LogP contribution in [-0.4, -0.2) is 5.91 Å². The molecule has 2 aromatic rings. The maximum atomic E-state index is 11.8. The third kappa shape index (κ3) is 1.48. The van der Waals surface area contributed by atoms with Crippen LogP contribution in [0.1, 0.15) is 21.5 Å². The first-order valence-corrected chi connectivity index (χ1v) is 5.63. The molecular weight excluding hydrogens is 226 g/mol. The summed E-state index contributed by atoms with van der Waals surface area (Å²) in [5.74, 6) is -0.449. The van der Waals surface area contributed by atoms with Crippen LogP contribution in [0.4, 0.5) is 0 Å². The summed E-state index contributed by atoms with van der Waals surface area (Å²) in [5, 5.41) is 3.29. The van der Waals surface area contributed by atoms with Crippen molar-refractivity contribution >= 4 is 5.91 Å². The van der Waals surface area contributed by atoms with Gasteiger partial charge in [0, 0.05) is 0 Å². The molecule has 1 N–H and O–H groups in total. The molecule has 4 heteroatoms. The highest BCUT2D eigenvalue weighted by molar-refractivity contribution is 5.99. The van der Waals surface area contributed by atoms with E-state index in [1.807, 2.05) is 24.3 Å². The van der Waals surface area contributed by atoms with Gasteiger partial charge in [-0.1, -0.05) is 36.4 Å². The van der Waals surface area contributed by atoms with Crippen molar-refractivity contribution in [3.05, 3.63) is 59.2 Å². The van der Waals surface area contributed by atoms with Crippen LogP contribution in [-0.2, 0) is 6.42 Å². The minimum atomic E-state index is -0.449. The summed E-state index contributed by atoms with van der Waals surface area (Å²) in [7, 11) is 0. The van der Waals surface area contributed by atoms with E-state index in [2.05, 4.69) is 22.2 Å². The lowest BCUT2D eigenvalue weighted by atomic mass is 10.0. The number of fused-ring (bicyclic) bond motifs is 3. The first kappa shape index (κ1) is 10.6. The first-order chi connectivity index (χ1) is 8.81. The minimum absolute atomic E-state index is 0.449. The van der Waals surface area contributed by atoms with Crippen molar-refractivity contribution in [2.45, 2.75) is 6.42 Å². The molecule has 4 nitrogen and oxygen atoms in total. The van der Waals surface area contributed by atoms with E-state index in [0.717, 1.165) is 17.5 Å². The lowest BCUT2D eigenvalue weighted by Crippen LogP contribution is -2.00. The van der Waals surface area contributed by atoms with E-state index in [-0.39, 0.29) is 0 Å². The Labute approximate surface area is 104 Å². The molecule has 0 saturated carbocycles. The van der Waals surface area contributed by atoms with Gasteiger partial charge in [-0.3, -0.25) is 4.79 Å². The fraction of sp³-hybridized carbons (Fsp3) is 0.0714. The summed E-state index contributed by atoms with van der Waals surface area (Å²) in [6.07, 6.45) is 0.737. The van der Waals surface area contributed by atoms with Crippen molar-refractivity contribution in [3.63, 3.8) is 0 Å². The SMILES string of the molecule is N=[N+]=NC(=O)c1cccc2c1Cc1ccccc1-2. The van der Waals surface area contributed by atoms with Crippen molar-refractivity contribution in [3.8, 4) is 11.1 Å². The van der Waals surface area contributed by atoms with Crippen LogP contribution >= 0.6 is 0 Å². The molecule has 0 aliphatic heterocycles. The van der Waals surface area contributed by atoms with E-state index in [9.17, 15) is 4.79 Å². The Morgan fingerprint density at radius 1 is 1.11 bits per heavy atom. The van der Waals surface area contributed by atoms with Gasteiger partial charge in [0.2, 0.25) is 10.0 Å². The third-order valence-electron chi connectivity index (χ3n) is 3.22. The first-order valence-electron chi connectivity index (χ1n) is 5.63. The molecule has 0 heterocycles. The van der Waals surface area contributed by atoms with E-state index in [0.29, 0.717) is 5.56 Å². The number of nitrogens with one attached hydrogen (secondary N) is 1. The molecule has 0 aromatic heterocycles. The molecule has 18 heavy (non-hydrogen) atoms. The van der Waals surface area contributed by atoms with Crippen LogP contribution in [0.15, 0.2) is 47.6 Å². The van der Waals surface area contributed by atoms with Gasteiger partial charge in [-0.2, -0.15) is 0 Å². The highest BCUT2D eigenvalue weighted by atomic mass is 16.1. The number of hydrogen-bond acceptors (Lipinski definition) is 2. The summed E-state index contributed by atoms with van der Waals surface area (Å²) < 4.78 is 0. The van der Waals surface area contributed by atoms with Crippen LogP contribution in [0.25, 0.3) is 11.1 Å². The summed E-state index contributed by atoms with van der Waals surface area (Å²) in [6.45, 7) is 0. The van der Waals surface area contributed by atoms with Crippen LogP contribution in [0.5, 0.6) is 0 Å². The number of carbonyl (C=O) groups is 1. The second kappa shape index (κ2) is 4.02. The zero-order valence-corrected chi connectivity index (χ0v) is 9.55. The molecule has 0 spiro atoms. The fourth-order valence-electron chi connectivity index (χ4n) is 2.46. The van der Waals surface area contributed by atoms with Gasteiger partial charge >= 0.3 is 5.91 Å². The second-order valence-electron chi connectivity index (χ2n) is 4.17. The van der Waals surface area contributed by atoms with Gasteiger partial charge in [-0.15, -0.1) is 0 Å². The number of amides is 1. The molecule has 0 bridgehead atoms. The molecule has 0 radical (unpaired) electrons. The van der Waals surface area contributed by atoms with Gasteiger partial charge in [-0.05, 0) is 34.7 Å². The lowest BCUT2D eigenvalue weighted by Gasteiger charge is -2.02. The van der Waals surface area contributed by atoms with Gasteiger partial charge in [0.1, 0.15) is 5.53 Å². The average molecular weight is 236 g/mol. The summed E-state index contributed by atoms with van der Waals surface area (Å²) in [5.41, 5.74) is 11.6. The molecule has 2 aromatic carbocycles. The number of hydrogen-bond donors (Lipinski definition) is 1. The zero-order valence-electron chi connectivity index (χ0n) is 9.55. The number of nitrogens with zero attached hydrogens (tertiary/aromatic N) is 2. The summed E-state index contributed by atoms with van der Waals surface area (Å²) in [4.78, 5) is 14.6. The van der Waals surface area contributed by atoms with Crippen LogP contribution in [0, 0.1) is 5.53 Å². The maximum absolute atomic E-state index is 11.8. The highest BCUT2D eigenvalue weighted by Crippen LogP contribution is 2.38. The number of carbonyl (C=O) groups excluding carboxylic acids is 1. The molecular formula is C14H10N3O+. The van der Waals surface area contributed by atoms with Gasteiger partial charge in [0.25, 0.3) is 0 Å². The van der Waals surface area contributed by atoms with Crippen molar-refractivity contribution < 1.29 is 4.79 Å². The Bertz CT molecular complexity index is 700. The van der Waals surface area contributed by atoms with Gasteiger partial charge in [0.05, 0.1) is 5.56 Å². The Hall–Kier alpha value is -2.58. The molecule has 1 aliphatic rings. The van der Waals surface area contributed by atoms with Crippen molar-refractivity contribution in [1.82, 2.24) is 4.91 Å². The Morgan fingerprint density at radius 3 is 2.72 bits per heavy atom. The monoisotopic (exact) mass is 236 g/mol. The van der Waals surface area contributed by atoms with Crippen molar-refractivity contribution in [2.75, 3.05) is 0 Å². The Kier molecular flexibility index (Phi) is 2.36. The predicted octanol–water partition coefficient (Wildman–Crippen LogP) is 2.95. The van der Waals surface area contributed by atoms with E-state index in [1.165, 1.54) is 11.1 Å². The molecule has 0 fully saturated rings. The summed E-state index contributed by atoms with van der Waals surface area (Å²) >= 11 is 0. The molecule has 0 atom stereocenters. The van der Waals surface area contributed by atoms with Crippen molar-refractivity contribution in [2.24, 2.45) is 5.11 Å². The van der Waals surface area contributed by atoms with E-state index in [1.54, 1.807) is 6.07 Å². The molecule has 1 aliphatic carbocycles. The predicted molar refractivity (Wildman–Crippen MR) is 66.3 cm³/mol. The fourth-order valence-corrected chi connectivity index (χ4v) is 2.46. The van der Waals surface area contributed by atoms with Gasteiger partial charge in [-0.25, -0.2) is 0 Å². The molecule has 0 unspecified atom stereocenters. The minimum Gasteiger partial charge on any atom is -0.259 e. The normalized spacial score (nSPS) is 11.3. The maximum Gasteiger partial charge on any atom is 0.360 e. The second-order valence-corrected chi connectivity index (χ2v) is 4.17. The number of rotatable bonds is 1. The molecule has 3 rings (SSSR count). The van der Waals surface area contributed by atoms with Gasteiger partial charge < -0.3 is 0 Å². The van der Waals surface area contributed by atoms with Crippen LogP contribution in [0.2, 0.25) is 0 Å². The van der Waals surface area contributed by atoms with E-state index < -0.39 is 5.91 Å². The number of benzene rings is 2. The van der Waals surface area contributed by atoms with E-state index in [4.69, 9.17) is 5.53 Å². The third-order valence-corrected chi connectivity index (χ3v) is 3.22. The average Bonchev–Trinajstić information content (AvgIpc) is 2.77. The Morgan fingerprint density at radius 2 is 1.89 bits per heavy atom. The topological polar surface area (TPSA) is 67.4 Å². The largest absolute Gasteiger partial charge is 0.360 e. The zero-order chi connectivity index (χ0) is 12.5. The summed E-state index contributed by atoms with van der Waals surface area (Å²) in [6, 6.07) is 13.7. The molecule has 0 saturated heterocycles. The Balaban J connectivity index is 2.20. The smallest absolute Gasteiger partial charge is 0.259 e. The van der Waals surface area contributed by atoms with Gasteiger partial charge in [0.15, 0.2) is 0 Å². The van der Waals surface area contributed by atoms with Crippen LogP contribution in [0.3, 0.4) is 0 Å². The standard InChI is InChI=1S/C14H10N3O/c15-17-16-14(18)12-7-3-6-11-10-5-2-1-4-9(10)8-13(11)12/h1-7,15H,8H2/q+1. The molecule has 86 valence electrons. The van der Waals surface area contributed by atoms with Crippen molar-refractivity contribution in [1.29, 1.82) is 5.53 Å². The highest BCUT2D eigenvalue weighted by Gasteiger charge is 2.24.